The molecule has 0 amide bonds. The van der Waals surface area contributed by atoms with E-state index in [4.69, 9.17) is 4.74 Å². The molecule has 84 valence electrons. The zero-order chi connectivity index (χ0) is 10.7. The van der Waals surface area contributed by atoms with Crippen molar-refractivity contribution in [2.45, 2.75) is 58.5 Å². The molecule has 1 heterocycles. The molecule has 2 unspecified atom stereocenters. The molecule has 14 heavy (non-hydrogen) atoms. The Morgan fingerprint density at radius 3 is 2.50 bits per heavy atom. The minimum absolute atomic E-state index is 0.239. The van der Waals surface area contributed by atoms with E-state index >= 15 is 0 Å². The molecular formula is C11H22FNO. The minimum Gasteiger partial charge on any atom is -0.377 e. The number of ether oxygens (including phenoxy) is 1. The van der Waals surface area contributed by atoms with Gasteiger partial charge in [-0.3, -0.25) is 4.90 Å². The van der Waals surface area contributed by atoms with Crippen LogP contribution in [0.1, 0.15) is 34.1 Å². The van der Waals surface area contributed by atoms with Gasteiger partial charge in [0.25, 0.3) is 0 Å². The zero-order valence-corrected chi connectivity index (χ0v) is 9.66. The third-order valence-electron chi connectivity index (χ3n) is 2.69. The number of hydrogen-bond donors (Lipinski definition) is 0. The van der Waals surface area contributed by atoms with Crippen molar-refractivity contribution in [1.82, 2.24) is 4.90 Å². The van der Waals surface area contributed by atoms with Crippen molar-refractivity contribution in [1.29, 1.82) is 0 Å². The summed E-state index contributed by atoms with van der Waals surface area (Å²) >= 11 is 0. The van der Waals surface area contributed by atoms with Crippen LogP contribution < -0.4 is 0 Å². The minimum atomic E-state index is -0.668. The predicted molar refractivity (Wildman–Crippen MR) is 56.2 cm³/mol. The molecular weight excluding hydrogens is 181 g/mol. The fourth-order valence-electron chi connectivity index (χ4n) is 1.98. The molecule has 3 heteroatoms. The third-order valence-corrected chi connectivity index (χ3v) is 2.69. The highest BCUT2D eigenvalue weighted by Crippen LogP contribution is 2.23. The van der Waals surface area contributed by atoms with Crippen LogP contribution >= 0.6 is 0 Å². The molecule has 0 saturated carbocycles. The molecule has 0 aliphatic carbocycles. The van der Waals surface area contributed by atoms with Crippen molar-refractivity contribution in [3.63, 3.8) is 0 Å². The SMILES string of the molecule is CC(C)OCC1CC(F)CN1C(C)C. The number of rotatable bonds is 4. The number of nitrogens with zero attached hydrogens (tertiary/aromatic N) is 1. The summed E-state index contributed by atoms with van der Waals surface area (Å²) in [5, 5.41) is 0. The van der Waals surface area contributed by atoms with Crippen LogP contribution in [0.5, 0.6) is 0 Å². The molecule has 0 spiro atoms. The van der Waals surface area contributed by atoms with E-state index in [1.807, 2.05) is 13.8 Å². The number of hydrogen-bond acceptors (Lipinski definition) is 2. The van der Waals surface area contributed by atoms with Gasteiger partial charge in [0.1, 0.15) is 6.17 Å². The Labute approximate surface area is 86.4 Å². The number of alkyl halides is 1. The highest BCUT2D eigenvalue weighted by molar-refractivity contribution is 4.87. The third kappa shape index (κ3) is 3.21. The Kier molecular flexibility index (Phi) is 4.32. The summed E-state index contributed by atoms with van der Waals surface area (Å²) in [6.07, 6.45) is 0.200. The van der Waals surface area contributed by atoms with Crippen LogP contribution in [0.2, 0.25) is 0 Å². The van der Waals surface area contributed by atoms with E-state index in [-0.39, 0.29) is 12.1 Å². The average Bonchev–Trinajstić information content (AvgIpc) is 2.43. The molecule has 1 aliphatic heterocycles. The van der Waals surface area contributed by atoms with Gasteiger partial charge >= 0.3 is 0 Å². The molecule has 1 fully saturated rings. The van der Waals surface area contributed by atoms with Crippen LogP contribution in [0.15, 0.2) is 0 Å². The summed E-state index contributed by atoms with van der Waals surface area (Å²) in [6, 6.07) is 0.684. The first-order valence-corrected chi connectivity index (χ1v) is 5.52. The maximum absolute atomic E-state index is 13.2. The van der Waals surface area contributed by atoms with Gasteiger partial charge < -0.3 is 4.74 Å². The summed E-state index contributed by atoms with van der Waals surface area (Å²) in [6.45, 7) is 9.49. The van der Waals surface area contributed by atoms with E-state index in [1.165, 1.54) is 0 Å². The first kappa shape index (κ1) is 11.9. The molecule has 0 aromatic heterocycles. The lowest BCUT2D eigenvalue weighted by atomic mass is 10.2. The summed E-state index contributed by atoms with van der Waals surface area (Å²) in [5.41, 5.74) is 0. The Hall–Kier alpha value is -0.150. The largest absolute Gasteiger partial charge is 0.377 e. The van der Waals surface area contributed by atoms with Crippen LogP contribution in [-0.2, 0) is 4.74 Å². The molecule has 2 atom stereocenters. The second kappa shape index (κ2) is 5.08. The second-order valence-corrected chi connectivity index (χ2v) is 4.66. The Morgan fingerprint density at radius 2 is 2.00 bits per heavy atom. The average molecular weight is 203 g/mol. The normalized spacial score (nSPS) is 29.4. The van der Waals surface area contributed by atoms with Gasteiger partial charge in [0.2, 0.25) is 0 Å². The van der Waals surface area contributed by atoms with Crippen LogP contribution in [-0.4, -0.2) is 42.4 Å². The summed E-state index contributed by atoms with van der Waals surface area (Å²) in [5.74, 6) is 0. The molecule has 1 saturated heterocycles. The molecule has 2 nitrogen and oxygen atoms in total. The lowest BCUT2D eigenvalue weighted by Crippen LogP contribution is -2.38. The Bertz CT molecular complexity index is 173. The summed E-state index contributed by atoms with van der Waals surface area (Å²) in [7, 11) is 0. The summed E-state index contributed by atoms with van der Waals surface area (Å²) < 4.78 is 18.8. The lowest BCUT2D eigenvalue weighted by Gasteiger charge is -2.28. The Balaban J connectivity index is 2.41. The van der Waals surface area contributed by atoms with Gasteiger partial charge in [0.05, 0.1) is 12.7 Å². The van der Waals surface area contributed by atoms with Crippen LogP contribution in [0.25, 0.3) is 0 Å². The molecule has 0 radical (unpaired) electrons. The second-order valence-electron chi connectivity index (χ2n) is 4.66. The maximum atomic E-state index is 13.2. The van der Waals surface area contributed by atoms with Gasteiger partial charge in [0.15, 0.2) is 0 Å². The van der Waals surface area contributed by atoms with E-state index < -0.39 is 6.17 Å². The van der Waals surface area contributed by atoms with Gasteiger partial charge in [-0.2, -0.15) is 0 Å². The van der Waals surface area contributed by atoms with E-state index in [9.17, 15) is 4.39 Å². The summed E-state index contributed by atoms with van der Waals surface area (Å²) in [4.78, 5) is 2.20. The van der Waals surface area contributed by atoms with Crippen LogP contribution in [0.3, 0.4) is 0 Å². The highest BCUT2D eigenvalue weighted by Gasteiger charge is 2.33. The van der Waals surface area contributed by atoms with Gasteiger partial charge in [-0.15, -0.1) is 0 Å². The standard InChI is InChI=1S/C11H22FNO/c1-8(2)13-6-10(12)5-11(13)7-14-9(3)4/h8-11H,5-7H2,1-4H3. The van der Waals surface area contributed by atoms with E-state index in [1.54, 1.807) is 0 Å². The van der Waals surface area contributed by atoms with Gasteiger partial charge in [-0.1, -0.05) is 0 Å². The van der Waals surface area contributed by atoms with Gasteiger partial charge in [0, 0.05) is 18.6 Å². The van der Waals surface area contributed by atoms with Crippen molar-refractivity contribution < 1.29 is 9.13 Å². The topological polar surface area (TPSA) is 12.5 Å². The molecule has 1 aliphatic rings. The van der Waals surface area contributed by atoms with Crippen molar-refractivity contribution in [3.05, 3.63) is 0 Å². The number of halogens is 1. The fraction of sp³-hybridized carbons (Fsp3) is 1.00. The van der Waals surface area contributed by atoms with Crippen molar-refractivity contribution in [2.75, 3.05) is 13.2 Å². The van der Waals surface area contributed by atoms with E-state index in [0.29, 0.717) is 25.6 Å². The first-order chi connectivity index (χ1) is 6.50. The first-order valence-electron chi connectivity index (χ1n) is 5.52. The predicted octanol–water partition coefficient (Wildman–Crippen LogP) is 2.23. The Morgan fingerprint density at radius 1 is 1.36 bits per heavy atom. The molecule has 0 aromatic rings. The quantitative estimate of drug-likeness (QED) is 0.694. The molecule has 0 bridgehead atoms. The maximum Gasteiger partial charge on any atom is 0.114 e. The zero-order valence-electron chi connectivity index (χ0n) is 9.66. The van der Waals surface area contributed by atoms with E-state index in [2.05, 4.69) is 18.7 Å². The van der Waals surface area contributed by atoms with Crippen molar-refractivity contribution in [2.24, 2.45) is 0 Å². The number of likely N-dealkylation sites (tertiary alicyclic amines) is 1. The smallest absolute Gasteiger partial charge is 0.114 e. The van der Waals surface area contributed by atoms with E-state index in [0.717, 1.165) is 0 Å². The van der Waals surface area contributed by atoms with Crippen molar-refractivity contribution in [3.8, 4) is 0 Å². The molecule has 0 N–H and O–H groups in total. The molecule has 1 rings (SSSR count). The monoisotopic (exact) mass is 203 g/mol. The van der Waals surface area contributed by atoms with Crippen LogP contribution in [0, 0.1) is 0 Å². The van der Waals surface area contributed by atoms with Gasteiger partial charge in [-0.25, -0.2) is 4.39 Å². The lowest BCUT2D eigenvalue weighted by molar-refractivity contribution is 0.0299. The van der Waals surface area contributed by atoms with Crippen molar-refractivity contribution >= 4 is 0 Å². The van der Waals surface area contributed by atoms with Crippen LogP contribution in [0.4, 0.5) is 4.39 Å². The fourth-order valence-corrected chi connectivity index (χ4v) is 1.98. The molecule has 0 aromatic carbocycles. The highest BCUT2D eigenvalue weighted by atomic mass is 19.1. The van der Waals surface area contributed by atoms with Gasteiger partial charge in [-0.05, 0) is 34.1 Å².